The van der Waals surface area contributed by atoms with E-state index in [9.17, 15) is 0 Å². The SMILES string of the molecule is Cc1c(-c2ccccc2F)c(-n2c3ccccc3c3ccc4c5ccccc5sc4c32)c(-c2ccccc2F)c(C)c1-n1c2ccccc2c2ccc3c4ccccc4sc3c21. The van der Waals surface area contributed by atoms with Crippen LogP contribution in [0.5, 0.6) is 0 Å². The molecule has 4 heterocycles. The zero-order valence-corrected chi connectivity index (χ0v) is 35.3. The molecule has 2 nitrogen and oxygen atoms in total. The third-order valence-electron chi connectivity index (χ3n) is 13.0. The van der Waals surface area contributed by atoms with Crippen LogP contribution in [0.3, 0.4) is 0 Å². The first kappa shape index (κ1) is 35.6. The Morgan fingerprint density at radius 3 is 1.19 bits per heavy atom. The molecule has 0 saturated heterocycles. The van der Waals surface area contributed by atoms with Crippen molar-refractivity contribution in [1.82, 2.24) is 9.13 Å². The molecule has 0 spiro atoms. The number of hydrogen-bond acceptors (Lipinski definition) is 2. The molecule has 0 saturated carbocycles. The molecule has 0 aliphatic rings. The van der Waals surface area contributed by atoms with Crippen molar-refractivity contribution in [2.75, 3.05) is 0 Å². The summed E-state index contributed by atoms with van der Waals surface area (Å²) in [6.07, 6.45) is 0. The Morgan fingerprint density at radius 2 is 0.726 bits per heavy atom. The molecule has 0 aliphatic carbocycles. The van der Waals surface area contributed by atoms with Crippen molar-refractivity contribution in [2.24, 2.45) is 0 Å². The molecule has 0 aliphatic heterocycles. The maximum Gasteiger partial charge on any atom is 0.131 e. The molecule has 0 bridgehead atoms. The van der Waals surface area contributed by atoms with Crippen molar-refractivity contribution in [2.45, 2.75) is 13.8 Å². The lowest BCUT2D eigenvalue weighted by atomic mass is 9.86. The summed E-state index contributed by atoms with van der Waals surface area (Å²) in [4.78, 5) is 0. The first-order chi connectivity index (χ1) is 30.5. The molecular weight excluding hydrogens is 803 g/mol. The van der Waals surface area contributed by atoms with Gasteiger partial charge in [0.15, 0.2) is 0 Å². The number of para-hydroxylation sites is 2. The summed E-state index contributed by atoms with van der Waals surface area (Å²) in [7, 11) is 0. The number of fused-ring (bicyclic) bond motifs is 14. The number of nitrogens with zero attached hydrogens (tertiary/aromatic N) is 2. The number of hydrogen-bond donors (Lipinski definition) is 0. The van der Waals surface area contributed by atoms with Gasteiger partial charge in [-0.1, -0.05) is 133 Å². The molecular formula is C56H34F2N2S2. The predicted octanol–water partition coefficient (Wildman–Crippen LogP) is 16.8. The van der Waals surface area contributed by atoms with Crippen LogP contribution in [0.2, 0.25) is 0 Å². The van der Waals surface area contributed by atoms with Gasteiger partial charge >= 0.3 is 0 Å². The monoisotopic (exact) mass is 836 g/mol. The number of benzene rings is 9. The van der Waals surface area contributed by atoms with Gasteiger partial charge in [0.25, 0.3) is 0 Å². The normalized spacial score (nSPS) is 12.2. The van der Waals surface area contributed by atoms with Gasteiger partial charge in [-0.2, -0.15) is 0 Å². The summed E-state index contributed by atoms with van der Waals surface area (Å²) in [6.45, 7) is 4.26. The Bertz CT molecular complexity index is 3980. The molecule has 13 aromatic rings. The van der Waals surface area contributed by atoms with Crippen molar-refractivity contribution in [3.8, 4) is 33.6 Å². The molecule has 0 fully saturated rings. The van der Waals surface area contributed by atoms with E-state index >= 15 is 8.78 Å². The Labute approximate surface area is 362 Å². The highest BCUT2D eigenvalue weighted by molar-refractivity contribution is 7.27. The molecule has 0 unspecified atom stereocenters. The molecule has 0 N–H and O–H groups in total. The van der Waals surface area contributed by atoms with Gasteiger partial charge in [0.2, 0.25) is 0 Å². The van der Waals surface area contributed by atoms with Crippen LogP contribution in [0.25, 0.3) is 118 Å². The fourth-order valence-corrected chi connectivity index (χ4v) is 13.0. The highest BCUT2D eigenvalue weighted by Gasteiger charge is 2.31. The third-order valence-corrected chi connectivity index (χ3v) is 15.4. The van der Waals surface area contributed by atoms with E-state index in [1.165, 1.54) is 42.4 Å². The lowest BCUT2D eigenvalue weighted by Gasteiger charge is -2.28. The summed E-state index contributed by atoms with van der Waals surface area (Å²) >= 11 is 3.56. The molecule has 0 amide bonds. The van der Waals surface area contributed by atoms with Crippen molar-refractivity contribution in [1.29, 1.82) is 0 Å². The first-order valence-electron chi connectivity index (χ1n) is 20.8. The van der Waals surface area contributed by atoms with Gasteiger partial charge in [-0.05, 0) is 61.4 Å². The maximum atomic E-state index is 17.0. The van der Waals surface area contributed by atoms with Crippen LogP contribution in [0, 0.1) is 25.5 Å². The molecule has 9 aromatic carbocycles. The predicted molar refractivity (Wildman–Crippen MR) is 261 cm³/mol. The van der Waals surface area contributed by atoms with Crippen LogP contribution in [0.15, 0.2) is 170 Å². The fraction of sp³-hybridized carbons (Fsp3) is 0.0357. The van der Waals surface area contributed by atoms with Crippen LogP contribution in [-0.2, 0) is 0 Å². The molecule has 4 aromatic heterocycles. The van der Waals surface area contributed by atoms with E-state index in [1.54, 1.807) is 34.8 Å². The largest absolute Gasteiger partial charge is 0.307 e. The Hall–Kier alpha value is -7.12. The number of halogens is 2. The summed E-state index contributed by atoms with van der Waals surface area (Å²) in [5.74, 6) is -0.680. The molecule has 6 heteroatoms. The molecule has 294 valence electrons. The van der Waals surface area contributed by atoms with Gasteiger partial charge in [0, 0.05) is 74.7 Å². The molecule has 0 radical (unpaired) electrons. The number of aromatic nitrogens is 2. The van der Waals surface area contributed by atoms with E-state index in [4.69, 9.17) is 0 Å². The lowest BCUT2D eigenvalue weighted by molar-refractivity contribution is 0.630. The van der Waals surface area contributed by atoms with Gasteiger partial charge in [0.1, 0.15) is 11.6 Å². The van der Waals surface area contributed by atoms with Gasteiger partial charge in [-0.25, -0.2) is 8.78 Å². The topological polar surface area (TPSA) is 9.86 Å². The van der Waals surface area contributed by atoms with Crippen LogP contribution in [0.1, 0.15) is 11.1 Å². The highest BCUT2D eigenvalue weighted by Crippen LogP contribution is 2.52. The van der Waals surface area contributed by atoms with E-state index in [0.29, 0.717) is 11.1 Å². The fourth-order valence-electron chi connectivity index (χ4n) is 10.5. The quantitative estimate of drug-likeness (QED) is 0.167. The van der Waals surface area contributed by atoms with E-state index in [-0.39, 0.29) is 11.6 Å². The standard InChI is InChI=1S/C56H34F2N2S2/c1-31-49(41-19-3-9-21-43(41)57)54(60-46-24-12-6-16-34(46)38-28-30-40-36-18-8-14-26-48(36)62-56(40)53(38)60)50(42-20-4-10-22-44(42)58)32(2)51(31)59-45-23-11-5-15-33(45)37-27-29-39-35-17-7-13-25-47(35)61-55(39)52(37)59/h3-30H,1-2H3. The minimum atomic E-state index is -0.340. The van der Waals surface area contributed by atoms with Crippen LogP contribution in [0.4, 0.5) is 8.78 Å². The Kier molecular flexibility index (Phi) is 7.58. The highest BCUT2D eigenvalue weighted by atomic mass is 32.1. The van der Waals surface area contributed by atoms with Crippen LogP contribution in [-0.4, -0.2) is 9.13 Å². The van der Waals surface area contributed by atoms with Crippen LogP contribution >= 0.6 is 22.7 Å². The van der Waals surface area contributed by atoms with Crippen molar-refractivity contribution >= 4 is 107 Å². The maximum absolute atomic E-state index is 17.0. The van der Waals surface area contributed by atoms with Gasteiger partial charge in [0.05, 0.1) is 42.8 Å². The Balaban J connectivity index is 1.30. The second-order valence-electron chi connectivity index (χ2n) is 16.2. The summed E-state index contributed by atoms with van der Waals surface area (Å²) in [6, 6.07) is 57.2. The summed E-state index contributed by atoms with van der Waals surface area (Å²) in [5.41, 5.74) is 9.94. The third kappa shape index (κ3) is 4.76. The average molecular weight is 837 g/mol. The molecule has 13 rings (SSSR count). The van der Waals surface area contributed by atoms with E-state index < -0.39 is 0 Å². The summed E-state index contributed by atoms with van der Waals surface area (Å²) in [5, 5.41) is 9.18. The van der Waals surface area contributed by atoms with Gasteiger partial charge < -0.3 is 9.13 Å². The van der Waals surface area contributed by atoms with E-state index in [1.807, 2.05) is 24.3 Å². The van der Waals surface area contributed by atoms with Crippen molar-refractivity contribution < 1.29 is 8.78 Å². The van der Waals surface area contributed by atoms with E-state index in [0.717, 1.165) is 87.3 Å². The van der Waals surface area contributed by atoms with E-state index in [2.05, 4.69) is 144 Å². The zero-order chi connectivity index (χ0) is 41.4. The van der Waals surface area contributed by atoms with Gasteiger partial charge in [-0.3, -0.25) is 0 Å². The zero-order valence-electron chi connectivity index (χ0n) is 33.6. The van der Waals surface area contributed by atoms with Crippen molar-refractivity contribution in [3.05, 3.63) is 193 Å². The lowest BCUT2D eigenvalue weighted by Crippen LogP contribution is -2.11. The average Bonchev–Trinajstić information content (AvgIpc) is 4.05. The van der Waals surface area contributed by atoms with Crippen LogP contribution < -0.4 is 0 Å². The van der Waals surface area contributed by atoms with Gasteiger partial charge in [-0.15, -0.1) is 22.7 Å². The number of thiophene rings is 2. The molecule has 0 atom stereocenters. The number of rotatable bonds is 4. The minimum Gasteiger partial charge on any atom is -0.307 e. The smallest absolute Gasteiger partial charge is 0.131 e. The minimum absolute atomic E-state index is 0.340. The Morgan fingerprint density at radius 1 is 0.355 bits per heavy atom. The summed E-state index contributed by atoms with van der Waals surface area (Å²) < 4.78 is 43.5. The first-order valence-corrected chi connectivity index (χ1v) is 22.5. The second-order valence-corrected chi connectivity index (χ2v) is 18.3. The molecule has 62 heavy (non-hydrogen) atoms. The van der Waals surface area contributed by atoms with Crippen molar-refractivity contribution in [3.63, 3.8) is 0 Å². The second kappa shape index (κ2) is 13.2.